The molecule has 0 saturated carbocycles. The molecular formula is C19H19BrN4O. The molecule has 0 bridgehead atoms. The Kier molecular flexibility index (Phi) is 5.50. The molecule has 0 aliphatic rings. The molecule has 0 amide bonds. The number of ether oxygens (including phenoxy) is 1. The van der Waals surface area contributed by atoms with Gasteiger partial charge in [0.15, 0.2) is 0 Å². The van der Waals surface area contributed by atoms with E-state index in [0.29, 0.717) is 11.8 Å². The summed E-state index contributed by atoms with van der Waals surface area (Å²) >= 11 is 3.43. The van der Waals surface area contributed by atoms with Gasteiger partial charge in [-0.2, -0.15) is 4.98 Å². The van der Waals surface area contributed by atoms with Crippen molar-refractivity contribution in [3.8, 4) is 5.75 Å². The van der Waals surface area contributed by atoms with Crippen LogP contribution in [0.2, 0.25) is 0 Å². The second kappa shape index (κ2) is 7.98. The van der Waals surface area contributed by atoms with Gasteiger partial charge in [0.05, 0.1) is 11.8 Å². The minimum atomic E-state index is 0.0919. The number of nitrogens with zero attached hydrogens (tertiary/aromatic N) is 2. The average Bonchev–Trinajstić information content (AvgIpc) is 2.59. The molecule has 0 aliphatic carbocycles. The van der Waals surface area contributed by atoms with E-state index in [4.69, 9.17) is 4.74 Å². The first-order chi connectivity index (χ1) is 12.1. The fourth-order valence-electron chi connectivity index (χ4n) is 2.22. The average molecular weight is 399 g/mol. The van der Waals surface area contributed by atoms with E-state index in [-0.39, 0.29) is 6.10 Å². The summed E-state index contributed by atoms with van der Waals surface area (Å²) in [5.74, 6) is 1.98. The van der Waals surface area contributed by atoms with Crippen molar-refractivity contribution in [2.45, 2.75) is 20.0 Å². The molecule has 1 heterocycles. The predicted octanol–water partition coefficient (Wildman–Crippen LogP) is 5.51. The summed E-state index contributed by atoms with van der Waals surface area (Å²) in [6, 6.07) is 17.5. The van der Waals surface area contributed by atoms with Crippen LogP contribution in [-0.2, 0) is 0 Å². The Morgan fingerprint density at radius 1 is 0.960 bits per heavy atom. The molecule has 0 fully saturated rings. The third-order valence-electron chi connectivity index (χ3n) is 3.27. The summed E-state index contributed by atoms with van der Waals surface area (Å²) in [5, 5.41) is 6.48. The highest BCUT2D eigenvalue weighted by Gasteiger charge is 2.07. The van der Waals surface area contributed by atoms with Gasteiger partial charge in [-0.15, -0.1) is 0 Å². The zero-order chi connectivity index (χ0) is 17.6. The smallest absolute Gasteiger partial charge is 0.229 e. The number of halogens is 1. The zero-order valence-electron chi connectivity index (χ0n) is 14.0. The van der Waals surface area contributed by atoms with Crippen LogP contribution in [0.25, 0.3) is 0 Å². The van der Waals surface area contributed by atoms with E-state index in [0.717, 1.165) is 21.6 Å². The van der Waals surface area contributed by atoms with E-state index in [1.807, 2.05) is 68.4 Å². The first-order valence-electron chi connectivity index (χ1n) is 7.98. The van der Waals surface area contributed by atoms with Crippen molar-refractivity contribution >= 4 is 39.1 Å². The van der Waals surface area contributed by atoms with E-state index >= 15 is 0 Å². The Labute approximate surface area is 155 Å². The Bertz CT molecular complexity index is 837. The van der Waals surface area contributed by atoms with Gasteiger partial charge < -0.3 is 15.4 Å². The van der Waals surface area contributed by atoms with Gasteiger partial charge in [-0.05, 0) is 56.3 Å². The summed E-state index contributed by atoms with van der Waals surface area (Å²) in [4.78, 5) is 8.79. The first-order valence-corrected chi connectivity index (χ1v) is 8.78. The maximum atomic E-state index is 5.82. The van der Waals surface area contributed by atoms with Crippen LogP contribution in [-0.4, -0.2) is 16.1 Å². The Balaban J connectivity index is 1.77. The molecular weight excluding hydrogens is 380 g/mol. The van der Waals surface area contributed by atoms with Gasteiger partial charge in [0.2, 0.25) is 5.95 Å². The van der Waals surface area contributed by atoms with Gasteiger partial charge in [0, 0.05) is 16.4 Å². The van der Waals surface area contributed by atoms with E-state index < -0.39 is 0 Å². The Hall–Kier alpha value is -2.60. The van der Waals surface area contributed by atoms with Crippen LogP contribution in [0.15, 0.2) is 65.3 Å². The number of para-hydroxylation sites is 2. The van der Waals surface area contributed by atoms with Crippen molar-refractivity contribution in [1.82, 2.24) is 9.97 Å². The van der Waals surface area contributed by atoms with Crippen molar-refractivity contribution in [2.75, 3.05) is 10.6 Å². The fourth-order valence-corrected chi connectivity index (χ4v) is 2.48. The van der Waals surface area contributed by atoms with E-state index in [1.54, 1.807) is 6.20 Å². The number of nitrogens with one attached hydrogen (secondary N) is 2. The Morgan fingerprint density at radius 2 is 1.72 bits per heavy atom. The summed E-state index contributed by atoms with van der Waals surface area (Å²) in [6.07, 6.45) is 1.80. The van der Waals surface area contributed by atoms with Gasteiger partial charge in [0.25, 0.3) is 0 Å². The fraction of sp³-hybridized carbons (Fsp3) is 0.158. The van der Waals surface area contributed by atoms with Crippen molar-refractivity contribution in [1.29, 1.82) is 0 Å². The van der Waals surface area contributed by atoms with Gasteiger partial charge in [0.1, 0.15) is 11.6 Å². The van der Waals surface area contributed by atoms with E-state index in [1.165, 1.54) is 0 Å². The monoisotopic (exact) mass is 398 g/mol. The maximum Gasteiger partial charge on any atom is 0.229 e. The van der Waals surface area contributed by atoms with E-state index in [9.17, 15) is 0 Å². The molecule has 6 heteroatoms. The van der Waals surface area contributed by atoms with Gasteiger partial charge >= 0.3 is 0 Å². The molecule has 3 rings (SSSR count). The normalized spacial score (nSPS) is 10.6. The molecule has 0 atom stereocenters. The number of anilines is 4. The molecule has 2 aromatic carbocycles. The second-order valence-corrected chi connectivity index (χ2v) is 6.60. The summed E-state index contributed by atoms with van der Waals surface area (Å²) in [5.41, 5.74) is 1.79. The van der Waals surface area contributed by atoms with Crippen molar-refractivity contribution in [3.05, 3.63) is 65.3 Å². The Morgan fingerprint density at radius 3 is 2.48 bits per heavy atom. The molecule has 0 spiro atoms. The topological polar surface area (TPSA) is 59.1 Å². The number of benzene rings is 2. The lowest BCUT2D eigenvalue weighted by Gasteiger charge is -2.15. The van der Waals surface area contributed by atoms with Gasteiger partial charge in [-0.25, -0.2) is 4.98 Å². The highest BCUT2D eigenvalue weighted by atomic mass is 79.9. The van der Waals surface area contributed by atoms with E-state index in [2.05, 4.69) is 36.5 Å². The van der Waals surface area contributed by atoms with Gasteiger partial charge in [-0.3, -0.25) is 0 Å². The molecule has 128 valence electrons. The molecule has 2 N–H and O–H groups in total. The first kappa shape index (κ1) is 17.2. The number of rotatable bonds is 6. The lowest BCUT2D eigenvalue weighted by atomic mass is 10.3. The molecule has 1 aromatic heterocycles. The molecule has 5 nitrogen and oxygen atoms in total. The van der Waals surface area contributed by atoms with Crippen LogP contribution >= 0.6 is 15.9 Å². The van der Waals surface area contributed by atoms with Crippen molar-refractivity contribution < 1.29 is 4.74 Å². The largest absolute Gasteiger partial charge is 0.489 e. The molecule has 0 aliphatic heterocycles. The zero-order valence-corrected chi connectivity index (χ0v) is 15.6. The van der Waals surface area contributed by atoms with Gasteiger partial charge in [-0.1, -0.05) is 28.1 Å². The summed E-state index contributed by atoms with van der Waals surface area (Å²) in [7, 11) is 0. The molecule has 0 saturated heterocycles. The molecule has 0 unspecified atom stereocenters. The van der Waals surface area contributed by atoms with Crippen LogP contribution < -0.4 is 15.4 Å². The van der Waals surface area contributed by atoms with Crippen molar-refractivity contribution in [2.24, 2.45) is 0 Å². The molecule has 0 radical (unpaired) electrons. The number of hydrogen-bond acceptors (Lipinski definition) is 5. The third-order valence-corrected chi connectivity index (χ3v) is 3.80. The van der Waals surface area contributed by atoms with Crippen LogP contribution in [0.4, 0.5) is 23.1 Å². The SMILES string of the molecule is CC(C)Oc1ccccc1Nc1nccc(Nc2ccc(Br)cc2)n1. The lowest BCUT2D eigenvalue weighted by Crippen LogP contribution is -2.08. The number of hydrogen-bond donors (Lipinski definition) is 2. The predicted molar refractivity (Wildman–Crippen MR) is 105 cm³/mol. The van der Waals surface area contributed by atoms with Crippen LogP contribution in [0, 0.1) is 0 Å². The second-order valence-electron chi connectivity index (χ2n) is 5.69. The molecule has 3 aromatic rings. The minimum Gasteiger partial charge on any atom is -0.489 e. The standard InChI is InChI=1S/C19H19BrN4O/c1-13(2)25-17-6-4-3-5-16(17)23-19-21-12-11-18(24-19)22-15-9-7-14(20)8-10-15/h3-13H,1-2H3,(H2,21,22,23,24). The maximum absolute atomic E-state index is 5.82. The summed E-state index contributed by atoms with van der Waals surface area (Å²) < 4.78 is 6.85. The quantitative estimate of drug-likeness (QED) is 0.572. The minimum absolute atomic E-state index is 0.0919. The van der Waals surface area contributed by atoms with Crippen molar-refractivity contribution in [3.63, 3.8) is 0 Å². The summed E-state index contributed by atoms with van der Waals surface area (Å²) in [6.45, 7) is 3.99. The van der Waals surface area contributed by atoms with Crippen LogP contribution in [0.5, 0.6) is 5.75 Å². The lowest BCUT2D eigenvalue weighted by molar-refractivity contribution is 0.244. The van der Waals surface area contributed by atoms with Crippen LogP contribution in [0.3, 0.4) is 0 Å². The highest BCUT2D eigenvalue weighted by molar-refractivity contribution is 9.10. The third kappa shape index (κ3) is 4.93. The van der Waals surface area contributed by atoms with Crippen LogP contribution in [0.1, 0.15) is 13.8 Å². The highest BCUT2D eigenvalue weighted by Crippen LogP contribution is 2.27. The number of aromatic nitrogens is 2. The molecule has 25 heavy (non-hydrogen) atoms.